The number of nitrogens with zero attached hydrogens (tertiary/aromatic N) is 1. The fraction of sp³-hybridized carbons (Fsp3) is 0.500. The van der Waals surface area contributed by atoms with Gasteiger partial charge in [0.25, 0.3) is 5.56 Å². The summed E-state index contributed by atoms with van der Waals surface area (Å²) in [5.41, 5.74) is 3.21. The first-order valence-electron chi connectivity index (χ1n) is 4.24. The van der Waals surface area contributed by atoms with Gasteiger partial charge in [-0.1, -0.05) is 6.92 Å². The predicted molar refractivity (Wildman–Crippen MR) is 50.5 cm³/mol. The second kappa shape index (κ2) is 3.13. The molecule has 0 saturated heterocycles. The molecule has 0 aliphatic carbocycles. The lowest BCUT2D eigenvalue weighted by Crippen LogP contribution is -2.23. The average molecular weight is 165 g/mol. The van der Waals surface area contributed by atoms with Gasteiger partial charge in [0.1, 0.15) is 0 Å². The summed E-state index contributed by atoms with van der Waals surface area (Å²) < 4.78 is 1.70. The minimum atomic E-state index is 0.148. The molecule has 0 saturated carbocycles. The molecule has 0 radical (unpaired) electrons. The van der Waals surface area contributed by atoms with E-state index in [0.717, 1.165) is 23.2 Å². The van der Waals surface area contributed by atoms with Crippen molar-refractivity contribution in [2.45, 2.75) is 27.2 Å². The highest BCUT2D eigenvalue weighted by Crippen LogP contribution is 2.05. The Balaban J connectivity index is 3.52. The van der Waals surface area contributed by atoms with Crippen molar-refractivity contribution in [3.63, 3.8) is 0 Å². The van der Waals surface area contributed by atoms with Gasteiger partial charge >= 0.3 is 0 Å². The summed E-state index contributed by atoms with van der Waals surface area (Å²) in [7, 11) is 1.82. The van der Waals surface area contributed by atoms with Crippen molar-refractivity contribution in [2.24, 2.45) is 7.05 Å². The van der Waals surface area contributed by atoms with Crippen LogP contribution >= 0.6 is 0 Å². The van der Waals surface area contributed by atoms with Crippen LogP contribution in [0.4, 0.5) is 0 Å². The first-order valence-corrected chi connectivity index (χ1v) is 4.24. The maximum atomic E-state index is 11.6. The van der Waals surface area contributed by atoms with Crippen LogP contribution in [0.1, 0.15) is 23.7 Å². The minimum absolute atomic E-state index is 0.148. The van der Waals surface area contributed by atoms with E-state index in [2.05, 4.69) is 6.07 Å². The molecule has 0 unspecified atom stereocenters. The molecule has 0 aromatic carbocycles. The van der Waals surface area contributed by atoms with Gasteiger partial charge in [-0.05, 0) is 31.9 Å². The van der Waals surface area contributed by atoms with Crippen molar-refractivity contribution in [2.75, 3.05) is 0 Å². The molecule has 66 valence electrons. The van der Waals surface area contributed by atoms with Crippen LogP contribution in [0.3, 0.4) is 0 Å². The molecule has 0 aliphatic rings. The van der Waals surface area contributed by atoms with E-state index in [9.17, 15) is 4.79 Å². The van der Waals surface area contributed by atoms with Gasteiger partial charge in [-0.2, -0.15) is 0 Å². The third kappa shape index (κ3) is 1.29. The second-order valence-corrected chi connectivity index (χ2v) is 3.17. The Kier molecular flexibility index (Phi) is 2.36. The van der Waals surface area contributed by atoms with E-state index in [1.54, 1.807) is 4.57 Å². The molecule has 0 N–H and O–H groups in total. The number of aryl methyl sites for hydroxylation is 2. The smallest absolute Gasteiger partial charge is 0.253 e. The summed E-state index contributed by atoms with van der Waals surface area (Å²) in [6, 6.07) is 2.06. The molecule has 1 aromatic heterocycles. The zero-order valence-electron chi connectivity index (χ0n) is 8.14. The fourth-order valence-corrected chi connectivity index (χ4v) is 1.46. The average Bonchev–Trinajstić information content (AvgIpc) is 2.01. The first kappa shape index (κ1) is 9.04. The third-order valence-electron chi connectivity index (χ3n) is 2.35. The van der Waals surface area contributed by atoms with Gasteiger partial charge in [-0.3, -0.25) is 4.79 Å². The monoisotopic (exact) mass is 165 g/mol. The number of hydrogen-bond acceptors (Lipinski definition) is 1. The molecule has 0 aliphatic heterocycles. The van der Waals surface area contributed by atoms with Gasteiger partial charge < -0.3 is 4.57 Å². The van der Waals surface area contributed by atoms with Crippen LogP contribution in [0.5, 0.6) is 0 Å². The number of rotatable bonds is 1. The SMILES string of the molecule is CCc1c(C)cc(C)n(C)c1=O. The minimum Gasteiger partial charge on any atom is -0.316 e. The summed E-state index contributed by atoms with van der Waals surface area (Å²) in [5.74, 6) is 0. The maximum absolute atomic E-state index is 11.6. The normalized spacial score (nSPS) is 10.3. The fourth-order valence-electron chi connectivity index (χ4n) is 1.46. The Labute approximate surface area is 72.8 Å². The van der Waals surface area contributed by atoms with Crippen LogP contribution in [0, 0.1) is 13.8 Å². The van der Waals surface area contributed by atoms with Crippen LogP contribution < -0.4 is 5.56 Å². The lowest BCUT2D eigenvalue weighted by atomic mass is 10.1. The Bertz CT molecular complexity index is 350. The molecule has 1 heterocycles. The topological polar surface area (TPSA) is 22.0 Å². The largest absolute Gasteiger partial charge is 0.316 e. The second-order valence-electron chi connectivity index (χ2n) is 3.17. The van der Waals surface area contributed by atoms with Crippen LogP contribution in [-0.4, -0.2) is 4.57 Å². The van der Waals surface area contributed by atoms with E-state index in [0.29, 0.717) is 0 Å². The zero-order chi connectivity index (χ0) is 9.30. The molecule has 2 nitrogen and oxygen atoms in total. The van der Waals surface area contributed by atoms with Gasteiger partial charge in [0.15, 0.2) is 0 Å². The highest BCUT2D eigenvalue weighted by Gasteiger charge is 2.04. The van der Waals surface area contributed by atoms with Gasteiger partial charge in [-0.15, -0.1) is 0 Å². The molecular weight excluding hydrogens is 150 g/mol. The standard InChI is InChI=1S/C10H15NO/c1-5-9-7(2)6-8(3)11(4)10(9)12/h6H,5H2,1-4H3. The van der Waals surface area contributed by atoms with E-state index in [4.69, 9.17) is 0 Å². The number of pyridine rings is 1. The van der Waals surface area contributed by atoms with Crippen LogP contribution in [-0.2, 0) is 13.5 Å². The summed E-state index contributed by atoms with van der Waals surface area (Å²) in [6.45, 7) is 5.96. The molecular formula is C10H15NO. The Morgan fingerprint density at radius 1 is 1.42 bits per heavy atom. The van der Waals surface area contributed by atoms with Gasteiger partial charge in [-0.25, -0.2) is 0 Å². The van der Waals surface area contributed by atoms with E-state index >= 15 is 0 Å². The molecule has 0 amide bonds. The maximum Gasteiger partial charge on any atom is 0.253 e. The Morgan fingerprint density at radius 2 is 2.00 bits per heavy atom. The number of hydrogen-bond donors (Lipinski definition) is 0. The zero-order valence-corrected chi connectivity index (χ0v) is 8.14. The molecule has 0 spiro atoms. The van der Waals surface area contributed by atoms with Crippen LogP contribution in [0.25, 0.3) is 0 Å². The molecule has 12 heavy (non-hydrogen) atoms. The van der Waals surface area contributed by atoms with Crippen LogP contribution in [0.15, 0.2) is 10.9 Å². The van der Waals surface area contributed by atoms with Crippen molar-refractivity contribution >= 4 is 0 Å². The number of aromatic nitrogens is 1. The highest BCUT2D eigenvalue weighted by atomic mass is 16.1. The summed E-state index contributed by atoms with van der Waals surface area (Å²) >= 11 is 0. The van der Waals surface area contributed by atoms with E-state index in [-0.39, 0.29) is 5.56 Å². The van der Waals surface area contributed by atoms with Crippen molar-refractivity contribution < 1.29 is 0 Å². The summed E-state index contributed by atoms with van der Waals surface area (Å²) in [4.78, 5) is 11.6. The van der Waals surface area contributed by atoms with Crippen molar-refractivity contribution in [3.05, 3.63) is 33.2 Å². The van der Waals surface area contributed by atoms with E-state index in [1.165, 1.54) is 0 Å². The lowest BCUT2D eigenvalue weighted by Gasteiger charge is -2.08. The highest BCUT2D eigenvalue weighted by molar-refractivity contribution is 5.25. The van der Waals surface area contributed by atoms with Crippen molar-refractivity contribution in [1.82, 2.24) is 4.57 Å². The van der Waals surface area contributed by atoms with Crippen molar-refractivity contribution in [3.8, 4) is 0 Å². The third-order valence-corrected chi connectivity index (χ3v) is 2.35. The first-order chi connectivity index (χ1) is 5.57. The molecule has 0 fully saturated rings. The van der Waals surface area contributed by atoms with Crippen molar-refractivity contribution in [1.29, 1.82) is 0 Å². The van der Waals surface area contributed by atoms with E-state index < -0.39 is 0 Å². The van der Waals surface area contributed by atoms with Gasteiger partial charge in [0, 0.05) is 18.3 Å². The molecule has 1 rings (SSSR count). The quantitative estimate of drug-likeness (QED) is 0.619. The molecule has 0 bridgehead atoms. The van der Waals surface area contributed by atoms with E-state index in [1.807, 2.05) is 27.8 Å². The lowest BCUT2D eigenvalue weighted by molar-refractivity contribution is 0.792. The van der Waals surface area contributed by atoms with Crippen LogP contribution in [0.2, 0.25) is 0 Å². The molecule has 0 atom stereocenters. The summed E-state index contributed by atoms with van der Waals surface area (Å²) in [5, 5.41) is 0. The molecule has 2 heteroatoms. The van der Waals surface area contributed by atoms with Gasteiger partial charge in [0.05, 0.1) is 0 Å². The molecule has 1 aromatic rings. The predicted octanol–water partition coefficient (Wildman–Crippen LogP) is 1.56. The Hall–Kier alpha value is -1.05. The Morgan fingerprint density at radius 3 is 2.50 bits per heavy atom. The summed E-state index contributed by atoms with van der Waals surface area (Å²) in [6.07, 6.45) is 0.818. The van der Waals surface area contributed by atoms with Gasteiger partial charge in [0.2, 0.25) is 0 Å².